The van der Waals surface area contributed by atoms with Gasteiger partial charge in [0.1, 0.15) is 0 Å². The summed E-state index contributed by atoms with van der Waals surface area (Å²) in [5, 5.41) is 0. The van der Waals surface area contributed by atoms with Crippen molar-refractivity contribution in [2.24, 2.45) is 0 Å². The second kappa shape index (κ2) is 11.6. The van der Waals surface area contributed by atoms with Crippen LogP contribution in [0.5, 0.6) is 0 Å². The van der Waals surface area contributed by atoms with Crippen molar-refractivity contribution < 1.29 is 31.7 Å². The van der Waals surface area contributed by atoms with Crippen LogP contribution in [-0.2, 0) is 31.7 Å². The third-order valence-corrected chi connectivity index (χ3v) is 0. The first-order chi connectivity index (χ1) is 3.15. The second-order valence-electron chi connectivity index (χ2n) is 0.174. The first-order valence-electron chi connectivity index (χ1n) is 0.581. The molecule has 0 saturated heterocycles. The molecule has 0 amide bonds. The Labute approximate surface area is 76.8 Å². The van der Waals surface area contributed by atoms with E-state index >= 15 is 0 Å². The van der Waals surface area contributed by atoms with Gasteiger partial charge < -0.3 is 0 Å². The van der Waals surface area contributed by atoms with E-state index < -0.39 is 31.7 Å². The van der Waals surface area contributed by atoms with Crippen LogP contribution < -0.4 is 0 Å². The summed E-state index contributed by atoms with van der Waals surface area (Å²) in [6, 6.07) is 0. The van der Waals surface area contributed by atoms with Crippen molar-refractivity contribution in [1.29, 1.82) is 0 Å². The number of hydrogen-bond donors (Lipinski definition) is 0. The Bertz CT molecular complexity index is 19.3. The van der Waals surface area contributed by atoms with Crippen molar-refractivity contribution in [3.63, 3.8) is 0 Å². The Morgan fingerprint density at radius 3 is 1.00 bits per heavy atom. The van der Waals surface area contributed by atoms with Crippen LogP contribution in [0.3, 0.4) is 0 Å². The maximum absolute atomic E-state index is 4.95. The van der Waals surface area contributed by atoms with Gasteiger partial charge in [-0.1, -0.05) is 0 Å². The van der Waals surface area contributed by atoms with Gasteiger partial charge in [-0.15, -0.1) is 0 Å². The zero-order chi connectivity index (χ0) is 6.28. The minimum absolute atomic E-state index is 0.472. The van der Waals surface area contributed by atoms with Crippen molar-refractivity contribution in [2.75, 3.05) is 0 Å². The summed E-state index contributed by atoms with van der Waals surface area (Å²) < 4.78 is 0. The third-order valence-electron chi connectivity index (χ3n) is 0. The topological polar surface area (TPSA) is 0 Å². The number of halogens is 5. The van der Waals surface area contributed by atoms with E-state index in [1.165, 1.54) is 0 Å². The minimum atomic E-state index is -1.79. The third kappa shape index (κ3) is 50.7. The van der Waals surface area contributed by atoms with Crippen LogP contribution >= 0.6 is 46.4 Å². The molecule has 0 rings (SSSR count). The molecule has 7 heteroatoms. The summed E-state index contributed by atoms with van der Waals surface area (Å²) in [6.07, 6.45) is 0. The fraction of sp³-hybridized carbons (Fsp3) is 0. The average Bonchev–Trinajstić information content (AvgIpc) is 1.33. The van der Waals surface area contributed by atoms with E-state index in [9.17, 15) is 0 Å². The van der Waals surface area contributed by atoms with E-state index in [0.29, 0.717) is 0 Å². The van der Waals surface area contributed by atoms with Crippen LogP contribution in [0, 0.1) is 0 Å². The van der Waals surface area contributed by atoms with Gasteiger partial charge in [0.25, 0.3) is 0 Å². The van der Waals surface area contributed by atoms with Gasteiger partial charge in [0.05, 0.1) is 0 Å². The van der Waals surface area contributed by atoms with Crippen LogP contribution in [0.1, 0.15) is 0 Å². The normalized spacial score (nSPS) is 9.57. The Morgan fingerprint density at radius 1 is 1.00 bits per heavy atom. The summed E-state index contributed by atoms with van der Waals surface area (Å²) in [5.41, 5.74) is 0. The quantitative estimate of drug-likeness (QED) is 0.393. The summed E-state index contributed by atoms with van der Waals surface area (Å²) in [4.78, 5) is 0. The molecule has 0 fully saturated rings. The van der Waals surface area contributed by atoms with E-state index in [1.807, 2.05) is 0 Å². The van der Waals surface area contributed by atoms with Crippen LogP contribution in [-0.4, -0.2) is 0 Å². The Balaban J connectivity index is 0. The molecule has 0 aliphatic rings. The van der Waals surface area contributed by atoms with Gasteiger partial charge in [-0.05, 0) is 0 Å². The molecule has 0 spiro atoms. The first-order valence-corrected chi connectivity index (χ1v) is 14.3. The molecule has 0 heterocycles. The van der Waals surface area contributed by atoms with Crippen molar-refractivity contribution >= 4 is 46.4 Å². The van der Waals surface area contributed by atoms with Gasteiger partial charge in [-0.3, -0.25) is 0 Å². The van der Waals surface area contributed by atoms with E-state index in [4.69, 9.17) is 46.4 Å². The molecule has 0 N–H and O–H groups in total. The van der Waals surface area contributed by atoms with E-state index in [0.717, 1.165) is 0 Å². The molecular formula is AuCl5Pt. The molecule has 0 atom stereocenters. The van der Waals surface area contributed by atoms with Gasteiger partial charge in [0, 0.05) is 0 Å². The molecule has 0 nitrogen and oxygen atoms in total. The Morgan fingerprint density at radius 2 is 1.00 bits per heavy atom. The molecule has 0 aromatic heterocycles. The molecule has 0 aliphatic heterocycles. The molecule has 0 radical (unpaired) electrons. The predicted molar refractivity (Wildman–Crippen MR) is 29.3 cm³/mol. The second-order valence-corrected chi connectivity index (χ2v) is 12.8. The van der Waals surface area contributed by atoms with Crippen LogP contribution in [0.15, 0.2) is 0 Å². The van der Waals surface area contributed by atoms with Crippen molar-refractivity contribution in [3.05, 3.63) is 0 Å². The molecule has 7 heavy (non-hydrogen) atoms. The fourth-order valence-corrected chi connectivity index (χ4v) is 0. The molecule has 0 aliphatic carbocycles. The van der Waals surface area contributed by atoms with Crippen molar-refractivity contribution in [2.45, 2.75) is 0 Å². The monoisotopic (exact) mass is 567 g/mol. The van der Waals surface area contributed by atoms with Gasteiger partial charge in [-0.2, -0.15) is 0 Å². The predicted octanol–water partition coefficient (Wildman–Crippen LogP) is 3.44. The zero-order valence-corrected chi connectivity index (χ0v) is 10.7. The standard InChI is InChI=1S/Au.5ClH.Pt/h;5*1H;/q+3;;;;;;+2/p-5. The van der Waals surface area contributed by atoms with Gasteiger partial charge in [0.15, 0.2) is 0 Å². The van der Waals surface area contributed by atoms with E-state index in [1.54, 1.807) is 0 Å². The summed E-state index contributed by atoms with van der Waals surface area (Å²) in [5.74, 6) is 0. The molecule has 0 unspecified atom stereocenters. The molecule has 56 valence electrons. The van der Waals surface area contributed by atoms with Crippen molar-refractivity contribution in [3.8, 4) is 0 Å². The van der Waals surface area contributed by atoms with Gasteiger partial charge in [-0.25, -0.2) is 0 Å². The maximum atomic E-state index is 4.95. The van der Waals surface area contributed by atoms with Crippen LogP contribution in [0.4, 0.5) is 0 Å². The van der Waals surface area contributed by atoms with Gasteiger partial charge >= 0.3 is 78.1 Å². The van der Waals surface area contributed by atoms with Crippen LogP contribution in [0.2, 0.25) is 0 Å². The first kappa shape index (κ1) is 12.5. The van der Waals surface area contributed by atoms with Gasteiger partial charge in [0.2, 0.25) is 0 Å². The number of hydrogen-bond acceptors (Lipinski definition) is 0. The molecule has 0 bridgehead atoms. The molecule has 0 aromatic carbocycles. The fourth-order valence-electron chi connectivity index (χ4n) is 0. The zero-order valence-electron chi connectivity index (χ0n) is 2.51. The SMILES string of the molecule is [Cl][Au]([Cl])[Cl].[Cl][Pt][Cl]. The Kier molecular flexibility index (Phi) is 20.9. The molecular weight excluding hydrogens is 569 g/mol. The summed E-state index contributed by atoms with van der Waals surface area (Å²) >= 11 is -2.26. The van der Waals surface area contributed by atoms with Crippen LogP contribution in [0.25, 0.3) is 0 Å². The molecule has 0 saturated carbocycles. The molecule has 0 aromatic rings. The van der Waals surface area contributed by atoms with E-state index in [-0.39, 0.29) is 0 Å². The average molecular weight is 569 g/mol. The Hall–Kier alpha value is 2.88. The van der Waals surface area contributed by atoms with Crippen molar-refractivity contribution in [1.82, 2.24) is 0 Å². The summed E-state index contributed by atoms with van der Waals surface area (Å²) in [6.45, 7) is 0. The summed E-state index contributed by atoms with van der Waals surface area (Å²) in [7, 11) is 24.6. The number of rotatable bonds is 0. The van der Waals surface area contributed by atoms with E-state index in [2.05, 4.69) is 0 Å².